The second-order valence-corrected chi connectivity index (χ2v) is 14.1. The van der Waals surface area contributed by atoms with Crippen molar-refractivity contribution in [3.8, 4) is 0 Å². The quantitative estimate of drug-likeness (QED) is 0.0296. The lowest BCUT2D eigenvalue weighted by molar-refractivity contribution is -0.305. The van der Waals surface area contributed by atoms with Crippen LogP contribution in [-0.4, -0.2) is 89.6 Å². The molecule has 0 aliphatic carbocycles. The maximum absolute atomic E-state index is 12.5. The molecule has 0 radical (unpaired) electrons. The van der Waals surface area contributed by atoms with Gasteiger partial charge in [-0.15, -0.1) is 0 Å². The van der Waals surface area contributed by atoms with E-state index in [0.29, 0.717) is 13.0 Å². The summed E-state index contributed by atoms with van der Waals surface area (Å²) in [7, 11) is 0. The highest BCUT2D eigenvalue weighted by Crippen LogP contribution is 2.22. The van der Waals surface area contributed by atoms with Crippen LogP contribution in [0, 0.1) is 0 Å². The van der Waals surface area contributed by atoms with E-state index in [-0.39, 0.29) is 19.2 Å². The lowest BCUT2D eigenvalue weighted by Gasteiger charge is -2.39. The van der Waals surface area contributed by atoms with E-state index in [9.17, 15) is 25.2 Å². The molecule has 1 saturated heterocycles. The Hall–Kier alpha value is -1.33. The first-order valence-electron chi connectivity index (χ1n) is 20.4. The fraction of sp³-hybridized carbons (Fsp3) is 0.878. The summed E-state index contributed by atoms with van der Waals surface area (Å²) in [6.45, 7) is 4.45. The van der Waals surface area contributed by atoms with Gasteiger partial charge in [0.15, 0.2) is 6.29 Å². The number of hydrogen-bond acceptors (Lipinski definition) is 9. The highest BCUT2D eigenvalue weighted by Gasteiger charge is 2.44. The van der Waals surface area contributed by atoms with Gasteiger partial charge in [-0.2, -0.15) is 0 Å². The minimum Gasteiger partial charge on any atom is -0.457 e. The second-order valence-electron chi connectivity index (χ2n) is 14.1. The topological polar surface area (TPSA) is 135 Å². The Morgan fingerprint density at radius 2 is 1.16 bits per heavy atom. The second kappa shape index (κ2) is 33.5. The van der Waals surface area contributed by atoms with Gasteiger partial charge in [0.25, 0.3) is 0 Å². The average Bonchev–Trinajstić information content (AvgIpc) is 3.11. The number of aliphatic hydroxyl groups excluding tert-OH is 4. The van der Waals surface area contributed by atoms with Crippen LogP contribution in [0.1, 0.15) is 168 Å². The van der Waals surface area contributed by atoms with Crippen molar-refractivity contribution in [2.24, 2.45) is 0 Å². The highest BCUT2D eigenvalue weighted by atomic mass is 16.7. The predicted octanol–water partition coefficient (Wildman–Crippen LogP) is 8.25. The summed E-state index contributed by atoms with van der Waals surface area (Å²) < 4.78 is 22.6. The molecule has 1 fully saturated rings. The molecule has 6 unspecified atom stereocenters. The molecule has 50 heavy (non-hydrogen) atoms. The predicted molar refractivity (Wildman–Crippen MR) is 201 cm³/mol. The summed E-state index contributed by atoms with van der Waals surface area (Å²) in [4.78, 5) is 12.5. The standard InChI is InChI=1S/C41H76O9/c1-3-5-7-9-10-11-12-13-14-15-16-17-18-19-20-21-22-23-24-25-27-29-31-47-33-35(49-37(43)30-28-26-8-6-4-2)34-48-41-40(46)39(45)38(44)36(32-42)50-41/h12-13,15-16,35-36,38-42,44-46H,3-11,14,17-34H2,1-2H3/b13-12-,16-15-. The van der Waals surface area contributed by atoms with Gasteiger partial charge in [0.05, 0.1) is 19.8 Å². The van der Waals surface area contributed by atoms with E-state index in [4.69, 9.17) is 18.9 Å². The van der Waals surface area contributed by atoms with E-state index in [1.165, 1.54) is 96.3 Å². The molecule has 0 spiro atoms. The monoisotopic (exact) mass is 713 g/mol. The molecule has 1 aliphatic rings. The fourth-order valence-corrected chi connectivity index (χ4v) is 6.11. The van der Waals surface area contributed by atoms with Crippen LogP contribution >= 0.6 is 0 Å². The van der Waals surface area contributed by atoms with Gasteiger partial charge in [0.2, 0.25) is 0 Å². The maximum atomic E-state index is 12.5. The van der Waals surface area contributed by atoms with Gasteiger partial charge in [-0.3, -0.25) is 4.79 Å². The Labute approximate surface area is 305 Å². The summed E-state index contributed by atoms with van der Waals surface area (Å²) in [6.07, 6.45) is 29.7. The van der Waals surface area contributed by atoms with Gasteiger partial charge in [-0.1, -0.05) is 141 Å². The van der Waals surface area contributed by atoms with Crippen molar-refractivity contribution in [2.45, 2.75) is 205 Å². The number of allylic oxidation sites excluding steroid dienone is 4. The third kappa shape index (κ3) is 24.8. The van der Waals surface area contributed by atoms with Crippen molar-refractivity contribution in [1.82, 2.24) is 0 Å². The molecular formula is C41H76O9. The van der Waals surface area contributed by atoms with E-state index in [1.807, 2.05) is 0 Å². The minimum atomic E-state index is -1.53. The van der Waals surface area contributed by atoms with E-state index in [0.717, 1.165) is 51.4 Å². The molecule has 1 aliphatic heterocycles. The summed E-state index contributed by atoms with van der Waals surface area (Å²) in [5.74, 6) is -0.327. The zero-order valence-corrected chi connectivity index (χ0v) is 31.9. The molecule has 294 valence electrons. The minimum absolute atomic E-state index is 0.113. The molecule has 0 bridgehead atoms. The van der Waals surface area contributed by atoms with Crippen LogP contribution in [-0.2, 0) is 23.7 Å². The lowest BCUT2D eigenvalue weighted by Crippen LogP contribution is -2.59. The molecule has 0 aromatic rings. The SMILES string of the molecule is CCCCCCC/C=C\C/C=C\CCCCCCCCCCCCOCC(COC1OC(CO)C(O)C(O)C1O)OC(=O)CCCCCCC. The highest BCUT2D eigenvalue weighted by molar-refractivity contribution is 5.69. The number of unbranched alkanes of at least 4 members (excludes halogenated alkanes) is 19. The average molecular weight is 713 g/mol. The molecule has 0 saturated carbocycles. The normalized spacial score (nSPS) is 21.8. The maximum Gasteiger partial charge on any atom is 0.306 e. The van der Waals surface area contributed by atoms with E-state index in [1.54, 1.807) is 0 Å². The Bertz CT molecular complexity index is 818. The fourth-order valence-electron chi connectivity index (χ4n) is 6.11. The first-order chi connectivity index (χ1) is 24.4. The molecule has 1 rings (SSSR count). The van der Waals surface area contributed by atoms with Crippen LogP contribution in [0.15, 0.2) is 24.3 Å². The van der Waals surface area contributed by atoms with Crippen LogP contribution in [0.5, 0.6) is 0 Å². The number of ether oxygens (including phenoxy) is 4. The van der Waals surface area contributed by atoms with Crippen molar-refractivity contribution >= 4 is 5.97 Å². The van der Waals surface area contributed by atoms with Gasteiger partial charge in [0.1, 0.15) is 30.5 Å². The van der Waals surface area contributed by atoms with E-state index < -0.39 is 43.4 Å². The Balaban J connectivity index is 2.14. The first kappa shape index (κ1) is 46.7. The van der Waals surface area contributed by atoms with Gasteiger partial charge in [-0.25, -0.2) is 0 Å². The number of esters is 1. The van der Waals surface area contributed by atoms with Crippen LogP contribution in [0.2, 0.25) is 0 Å². The first-order valence-corrected chi connectivity index (χ1v) is 20.4. The van der Waals surface area contributed by atoms with Crippen molar-refractivity contribution in [3.05, 3.63) is 24.3 Å². The van der Waals surface area contributed by atoms with Crippen LogP contribution in [0.25, 0.3) is 0 Å². The van der Waals surface area contributed by atoms with Gasteiger partial charge < -0.3 is 39.4 Å². The largest absolute Gasteiger partial charge is 0.457 e. The van der Waals surface area contributed by atoms with Gasteiger partial charge in [0, 0.05) is 13.0 Å². The number of rotatable bonds is 34. The molecule has 0 amide bonds. The zero-order chi connectivity index (χ0) is 36.5. The zero-order valence-electron chi connectivity index (χ0n) is 31.9. The summed E-state index contributed by atoms with van der Waals surface area (Å²) in [5, 5.41) is 39.8. The van der Waals surface area contributed by atoms with Crippen molar-refractivity contribution in [1.29, 1.82) is 0 Å². The molecule has 0 aromatic heterocycles. The van der Waals surface area contributed by atoms with Gasteiger partial charge in [-0.05, 0) is 44.9 Å². The van der Waals surface area contributed by atoms with Gasteiger partial charge >= 0.3 is 5.97 Å². The van der Waals surface area contributed by atoms with Crippen LogP contribution < -0.4 is 0 Å². The Morgan fingerprint density at radius 1 is 0.640 bits per heavy atom. The molecule has 6 atom stereocenters. The Morgan fingerprint density at radius 3 is 1.72 bits per heavy atom. The van der Waals surface area contributed by atoms with Crippen molar-refractivity contribution in [2.75, 3.05) is 26.4 Å². The lowest BCUT2D eigenvalue weighted by atomic mass is 9.99. The Kier molecular flexibility index (Phi) is 31.3. The van der Waals surface area contributed by atoms with E-state index >= 15 is 0 Å². The summed E-state index contributed by atoms with van der Waals surface area (Å²) in [5.41, 5.74) is 0. The third-order valence-corrected chi connectivity index (χ3v) is 9.37. The molecular weight excluding hydrogens is 636 g/mol. The third-order valence-electron chi connectivity index (χ3n) is 9.37. The van der Waals surface area contributed by atoms with Crippen LogP contribution in [0.4, 0.5) is 0 Å². The molecule has 9 nitrogen and oxygen atoms in total. The summed E-state index contributed by atoms with van der Waals surface area (Å²) in [6, 6.07) is 0. The number of hydrogen-bond donors (Lipinski definition) is 4. The van der Waals surface area contributed by atoms with Crippen molar-refractivity contribution < 1.29 is 44.2 Å². The molecule has 1 heterocycles. The van der Waals surface area contributed by atoms with Crippen LogP contribution in [0.3, 0.4) is 0 Å². The van der Waals surface area contributed by atoms with Crippen molar-refractivity contribution in [3.63, 3.8) is 0 Å². The number of carbonyl (C=O) groups excluding carboxylic acids is 1. The summed E-state index contributed by atoms with van der Waals surface area (Å²) >= 11 is 0. The molecule has 0 aromatic carbocycles. The van der Waals surface area contributed by atoms with E-state index in [2.05, 4.69) is 38.2 Å². The number of carbonyl (C=O) groups is 1. The number of aliphatic hydroxyl groups is 4. The smallest absolute Gasteiger partial charge is 0.306 e. The molecule has 4 N–H and O–H groups in total. The molecule has 9 heteroatoms.